The molecular formula is C27H32FN3O5. The highest BCUT2D eigenvalue weighted by atomic mass is 19.1. The lowest BCUT2D eigenvalue weighted by Crippen LogP contribution is -2.53. The van der Waals surface area contributed by atoms with Crippen LogP contribution in [-0.4, -0.2) is 57.8 Å². The van der Waals surface area contributed by atoms with E-state index in [0.29, 0.717) is 43.2 Å². The molecule has 0 bridgehead atoms. The molecule has 2 aliphatic rings. The summed E-state index contributed by atoms with van der Waals surface area (Å²) in [6.45, 7) is 7.73. The number of hydrogen-bond acceptors (Lipinski definition) is 6. The van der Waals surface area contributed by atoms with Crippen LogP contribution in [0.15, 0.2) is 36.5 Å². The van der Waals surface area contributed by atoms with Crippen molar-refractivity contribution in [3.8, 4) is 22.6 Å². The van der Waals surface area contributed by atoms with Gasteiger partial charge in [0.15, 0.2) is 6.23 Å². The number of likely N-dealkylation sites (tertiary alicyclic amines) is 1. The van der Waals surface area contributed by atoms with Crippen LogP contribution in [0.1, 0.15) is 46.3 Å². The molecule has 1 N–H and O–H groups in total. The van der Waals surface area contributed by atoms with Gasteiger partial charge in [0, 0.05) is 37.2 Å². The van der Waals surface area contributed by atoms with Crippen molar-refractivity contribution in [1.82, 2.24) is 14.7 Å². The molecule has 3 aromatic rings. The second kappa shape index (κ2) is 9.61. The molecule has 0 aliphatic carbocycles. The van der Waals surface area contributed by atoms with E-state index in [4.69, 9.17) is 14.2 Å². The minimum absolute atomic E-state index is 0.131. The van der Waals surface area contributed by atoms with Gasteiger partial charge in [0.1, 0.15) is 22.9 Å². The van der Waals surface area contributed by atoms with E-state index in [-0.39, 0.29) is 24.0 Å². The van der Waals surface area contributed by atoms with Gasteiger partial charge in [-0.15, -0.1) is 0 Å². The van der Waals surface area contributed by atoms with Gasteiger partial charge in [0.05, 0.1) is 23.7 Å². The van der Waals surface area contributed by atoms with Crippen LogP contribution in [0.4, 0.5) is 9.18 Å². The third kappa shape index (κ3) is 5.11. The van der Waals surface area contributed by atoms with Crippen molar-refractivity contribution in [3.63, 3.8) is 0 Å². The number of phenols is 1. The fourth-order valence-electron chi connectivity index (χ4n) is 4.63. The number of nitrogens with zero attached hydrogens (tertiary/aromatic N) is 3. The molecule has 8 nitrogen and oxygen atoms in total. The van der Waals surface area contributed by atoms with E-state index >= 15 is 0 Å². The number of benzene rings is 2. The van der Waals surface area contributed by atoms with Crippen molar-refractivity contribution in [2.24, 2.45) is 5.92 Å². The van der Waals surface area contributed by atoms with Crippen molar-refractivity contribution in [2.45, 2.75) is 51.9 Å². The number of phenolic OH excluding ortho intramolecular Hbond substituents is 1. The standard InChI is InChI=1S/C27H32FN3O5/c1-27(2,3)36-26(33)30-14-17(15-30)16-35-24-11-18(20-8-7-19(32)12-22(20)28)10-23-21(24)13-29-31(23)25-6-4-5-9-34-25/h7-8,10-13,17,25,32H,4-6,9,14-16H2,1-3H3. The first kappa shape index (κ1) is 24.4. The Bertz CT molecular complexity index is 1260. The average molecular weight is 498 g/mol. The molecule has 0 spiro atoms. The molecule has 3 heterocycles. The summed E-state index contributed by atoms with van der Waals surface area (Å²) in [7, 11) is 0. The molecule has 9 heteroatoms. The number of aromatic nitrogens is 2. The Morgan fingerprint density at radius 1 is 1.22 bits per heavy atom. The molecule has 5 rings (SSSR count). The Labute approximate surface area is 209 Å². The summed E-state index contributed by atoms with van der Waals surface area (Å²) in [6.07, 6.45) is 4.19. The molecule has 0 radical (unpaired) electrons. The predicted molar refractivity (Wildman–Crippen MR) is 132 cm³/mol. The Hall–Kier alpha value is -3.33. The van der Waals surface area contributed by atoms with Crippen LogP contribution in [0.25, 0.3) is 22.0 Å². The zero-order chi connectivity index (χ0) is 25.4. The number of amides is 1. The van der Waals surface area contributed by atoms with Gasteiger partial charge in [-0.1, -0.05) is 0 Å². The number of halogens is 1. The molecule has 2 aromatic carbocycles. The van der Waals surface area contributed by atoms with Crippen molar-refractivity contribution in [1.29, 1.82) is 0 Å². The van der Waals surface area contributed by atoms with Crippen LogP contribution in [0.5, 0.6) is 11.5 Å². The van der Waals surface area contributed by atoms with Gasteiger partial charge < -0.3 is 24.2 Å². The van der Waals surface area contributed by atoms with Crippen LogP contribution in [0.2, 0.25) is 0 Å². The SMILES string of the molecule is CC(C)(C)OC(=O)N1CC(COc2cc(-c3ccc(O)cc3F)cc3c2cnn3C2CCCCO2)C1. The van der Waals surface area contributed by atoms with Gasteiger partial charge >= 0.3 is 6.09 Å². The lowest BCUT2D eigenvalue weighted by atomic mass is 10.0. The second-order valence-electron chi connectivity index (χ2n) is 10.5. The third-order valence-corrected chi connectivity index (χ3v) is 6.45. The van der Waals surface area contributed by atoms with Gasteiger partial charge in [-0.2, -0.15) is 5.10 Å². The van der Waals surface area contributed by atoms with E-state index < -0.39 is 11.4 Å². The number of aromatic hydroxyl groups is 1. The molecule has 2 fully saturated rings. The summed E-state index contributed by atoms with van der Waals surface area (Å²) in [5.74, 6) is 0.104. The van der Waals surface area contributed by atoms with Crippen molar-refractivity contribution in [2.75, 3.05) is 26.3 Å². The maximum absolute atomic E-state index is 14.8. The quantitative estimate of drug-likeness (QED) is 0.502. The molecule has 1 amide bonds. The van der Waals surface area contributed by atoms with Crippen molar-refractivity contribution >= 4 is 17.0 Å². The van der Waals surface area contributed by atoms with E-state index in [1.54, 1.807) is 23.2 Å². The second-order valence-corrected chi connectivity index (χ2v) is 10.5. The minimum Gasteiger partial charge on any atom is -0.508 e. The van der Waals surface area contributed by atoms with Gasteiger partial charge in [0.25, 0.3) is 0 Å². The van der Waals surface area contributed by atoms with Gasteiger partial charge in [-0.25, -0.2) is 13.9 Å². The summed E-state index contributed by atoms with van der Waals surface area (Å²) in [5, 5.41) is 15.1. The summed E-state index contributed by atoms with van der Waals surface area (Å²) in [4.78, 5) is 13.9. The van der Waals surface area contributed by atoms with Crippen molar-refractivity contribution in [3.05, 3.63) is 42.3 Å². The zero-order valence-electron chi connectivity index (χ0n) is 20.9. The third-order valence-electron chi connectivity index (χ3n) is 6.45. The number of hydrogen-bond donors (Lipinski definition) is 1. The summed E-state index contributed by atoms with van der Waals surface area (Å²) in [6, 6.07) is 7.80. The van der Waals surface area contributed by atoms with Crippen molar-refractivity contribution < 1.29 is 28.5 Å². The van der Waals surface area contributed by atoms with E-state index in [9.17, 15) is 14.3 Å². The largest absolute Gasteiger partial charge is 0.508 e. The molecule has 1 aromatic heterocycles. The first-order chi connectivity index (χ1) is 17.2. The van der Waals surface area contributed by atoms with Crippen LogP contribution in [0, 0.1) is 11.7 Å². The smallest absolute Gasteiger partial charge is 0.410 e. The Morgan fingerprint density at radius 3 is 2.72 bits per heavy atom. The van der Waals surface area contributed by atoms with E-state index in [2.05, 4.69) is 5.10 Å². The molecular weight excluding hydrogens is 465 g/mol. The zero-order valence-corrected chi connectivity index (χ0v) is 20.9. The van der Waals surface area contributed by atoms with E-state index in [1.807, 2.05) is 31.5 Å². The molecule has 192 valence electrons. The normalized spacial score (nSPS) is 18.8. The van der Waals surface area contributed by atoms with Gasteiger partial charge in [0.2, 0.25) is 0 Å². The number of ether oxygens (including phenoxy) is 3. The van der Waals surface area contributed by atoms with E-state index in [0.717, 1.165) is 36.2 Å². The van der Waals surface area contributed by atoms with E-state index in [1.165, 1.54) is 6.07 Å². The highest BCUT2D eigenvalue weighted by Gasteiger charge is 2.34. The summed E-state index contributed by atoms with van der Waals surface area (Å²) >= 11 is 0. The topological polar surface area (TPSA) is 86.0 Å². The fraction of sp³-hybridized carbons (Fsp3) is 0.481. The molecule has 2 saturated heterocycles. The van der Waals surface area contributed by atoms with Crippen LogP contribution >= 0.6 is 0 Å². The molecule has 0 saturated carbocycles. The Kier molecular flexibility index (Phi) is 6.51. The highest BCUT2D eigenvalue weighted by molar-refractivity contribution is 5.90. The number of carbonyl (C=O) groups is 1. The number of rotatable bonds is 5. The number of carbonyl (C=O) groups excluding carboxylic acids is 1. The summed E-state index contributed by atoms with van der Waals surface area (Å²) < 4.78 is 34.2. The maximum atomic E-state index is 14.8. The van der Waals surface area contributed by atoms with Gasteiger partial charge in [-0.3, -0.25) is 0 Å². The lowest BCUT2D eigenvalue weighted by Gasteiger charge is -2.39. The van der Waals surface area contributed by atoms with Crippen LogP contribution in [-0.2, 0) is 9.47 Å². The maximum Gasteiger partial charge on any atom is 0.410 e. The Morgan fingerprint density at radius 2 is 2.03 bits per heavy atom. The first-order valence-corrected chi connectivity index (χ1v) is 12.4. The molecule has 1 atom stereocenters. The monoisotopic (exact) mass is 497 g/mol. The summed E-state index contributed by atoms with van der Waals surface area (Å²) in [5.41, 5.74) is 1.25. The fourth-order valence-corrected chi connectivity index (χ4v) is 4.63. The Balaban J connectivity index is 1.39. The molecule has 36 heavy (non-hydrogen) atoms. The predicted octanol–water partition coefficient (Wildman–Crippen LogP) is 5.49. The first-order valence-electron chi connectivity index (χ1n) is 12.4. The molecule has 1 unspecified atom stereocenters. The van der Waals surface area contributed by atoms with Crippen LogP contribution < -0.4 is 4.74 Å². The van der Waals surface area contributed by atoms with Gasteiger partial charge in [-0.05, 0) is 69.9 Å². The highest BCUT2D eigenvalue weighted by Crippen LogP contribution is 2.37. The molecule has 2 aliphatic heterocycles. The average Bonchev–Trinajstić information content (AvgIpc) is 3.21. The number of fused-ring (bicyclic) bond motifs is 1. The lowest BCUT2D eigenvalue weighted by molar-refractivity contribution is -0.0366. The minimum atomic E-state index is -0.531. The van der Waals surface area contributed by atoms with Crippen LogP contribution in [0.3, 0.4) is 0 Å².